The van der Waals surface area contributed by atoms with Gasteiger partial charge in [0.2, 0.25) is 11.8 Å². The van der Waals surface area contributed by atoms with Crippen molar-refractivity contribution in [1.82, 2.24) is 4.98 Å². The third-order valence-corrected chi connectivity index (χ3v) is 8.44. The van der Waals surface area contributed by atoms with Crippen LogP contribution in [-0.2, 0) is 9.59 Å². The summed E-state index contributed by atoms with van der Waals surface area (Å²) in [4.78, 5) is 54.9. The average Bonchev–Trinajstić information content (AvgIpc) is 3.30. The highest BCUT2D eigenvalue weighted by Gasteiger charge is 2.59. The number of benzene rings is 2. The second-order valence-corrected chi connectivity index (χ2v) is 9.92. The number of anilines is 1. The molecule has 2 aliphatic heterocycles. The van der Waals surface area contributed by atoms with Crippen LogP contribution in [0.25, 0.3) is 0 Å². The summed E-state index contributed by atoms with van der Waals surface area (Å²) in [5.41, 5.74) is 0.147. The van der Waals surface area contributed by atoms with Gasteiger partial charge in [0.25, 0.3) is 0 Å². The lowest BCUT2D eigenvalue weighted by molar-refractivity contribution is -0.125. The van der Waals surface area contributed by atoms with Crippen molar-refractivity contribution in [3.8, 4) is 5.75 Å². The summed E-state index contributed by atoms with van der Waals surface area (Å²) in [6.45, 7) is 0. The molecule has 5 rings (SSSR count). The highest BCUT2D eigenvalue weighted by molar-refractivity contribution is 7.99. The minimum absolute atomic E-state index is 0.0122. The van der Waals surface area contributed by atoms with Crippen LogP contribution in [0, 0.1) is 5.41 Å². The molecule has 33 heavy (non-hydrogen) atoms. The van der Waals surface area contributed by atoms with Gasteiger partial charge in [0.15, 0.2) is 0 Å². The van der Waals surface area contributed by atoms with Crippen molar-refractivity contribution < 1.29 is 24.2 Å². The summed E-state index contributed by atoms with van der Waals surface area (Å²) in [6, 6.07) is 13.0. The topological polar surface area (TPSA) is 117 Å². The second-order valence-electron chi connectivity index (χ2n) is 7.92. The Hall–Kier alpha value is -3.37. The maximum Gasteiger partial charge on any atom is 0.335 e. The molecule has 1 saturated heterocycles. The Morgan fingerprint density at radius 2 is 1.82 bits per heavy atom. The van der Waals surface area contributed by atoms with E-state index in [1.807, 2.05) is 12.1 Å². The fraction of sp³-hybridized carbons (Fsp3) is 0.217. The van der Waals surface area contributed by atoms with Gasteiger partial charge in [-0.05, 0) is 42.0 Å². The quantitative estimate of drug-likeness (QED) is 0.548. The Kier molecular flexibility index (Phi) is 5.13. The number of nitrogens with zero attached hydrogens (tertiary/aromatic N) is 1. The number of carboxylic acids is 1. The SMILES string of the molecule is COc1ccc(C2c3sc(=O)[nH]c3SCC23CC(=O)N(c2ccc(C(=O)O)cc2)C3=O)cc1. The fourth-order valence-corrected chi connectivity index (χ4v) is 7.10. The second kappa shape index (κ2) is 7.89. The summed E-state index contributed by atoms with van der Waals surface area (Å²) < 4.78 is 5.26. The lowest BCUT2D eigenvalue weighted by Crippen LogP contribution is -2.43. The van der Waals surface area contributed by atoms with Crippen LogP contribution in [0.3, 0.4) is 0 Å². The predicted octanol–water partition coefficient (Wildman–Crippen LogP) is 3.33. The number of rotatable bonds is 4. The van der Waals surface area contributed by atoms with Crippen LogP contribution in [0.4, 0.5) is 5.69 Å². The minimum atomic E-state index is -1.09. The summed E-state index contributed by atoms with van der Waals surface area (Å²) in [5.74, 6) is -1.28. The molecular formula is C23H18N2O6S2. The number of hydrogen-bond donors (Lipinski definition) is 2. The number of carbonyl (C=O) groups excluding carboxylic acids is 2. The monoisotopic (exact) mass is 482 g/mol. The number of aromatic amines is 1. The van der Waals surface area contributed by atoms with Gasteiger partial charge in [0, 0.05) is 23.0 Å². The number of H-pyrrole nitrogens is 1. The zero-order valence-electron chi connectivity index (χ0n) is 17.4. The van der Waals surface area contributed by atoms with Gasteiger partial charge < -0.3 is 14.8 Å². The molecule has 2 N–H and O–H groups in total. The normalized spacial score (nSPS) is 22.0. The molecule has 1 fully saturated rings. The molecular weight excluding hydrogens is 464 g/mol. The van der Waals surface area contributed by atoms with Gasteiger partial charge in [0.05, 0.1) is 28.8 Å². The van der Waals surface area contributed by atoms with Gasteiger partial charge in [-0.25, -0.2) is 9.69 Å². The molecule has 2 amide bonds. The number of aromatic carboxylic acids is 1. The standard InChI is InChI=1S/C23H18N2O6S2/c1-31-15-8-4-12(5-9-15)17-18-19(24-22(30)33-18)32-11-23(17)10-16(26)25(21(23)29)14-6-2-13(3-7-14)20(27)28/h2-9,17H,10-11H2,1H3,(H,24,30)(H,27,28). The summed E-state index contributed by atoms with van der Waals surface area (Å²) in [6.07, 6.45) is -0.0122. The molecule has 168 valence electrons. The number of imide groups is 1. The Morgan fingerprint density at radius 1 is 1.12 bits per heavy atom. The molecule has 2 atom stereocenters. The van der Waals surface area contributed by atoms with Gasteiger partial charge in [0.1, 0.15) is 5.75 Å². The zero-order valence-corrected chi connectivity index (χ0v) is 19.0. The van der Waals surface area contributed by atoms with Crippen molar-refractivity contribution in [2.24, 2.45) is 5.41 Å². The van der Waals surface area contributed by atoms with E-state index >= 15 is 0 Å². The summed E-state index contributed by atoms with van der Waals surface area (Å²) in [7, 11) is 1.57. The van der Waals surface area contributed by atoms with Gasteiger partial charge >= 0.3 is 10.8 Å². The van der Waals surface area contributed by atoms with E-state index in [1.54, 1.807) is 19.2 Å². The molecule has 2 unspecified atom stereocenters. The van der Waals surface area contributed by atoms with Crippen molar-refractivity contribution in [2.45, 2.75) is 17.4 Å². The molecule has 2 aliphatic rings. The van der Waals surface area contributed by atoms with E-state index in [1.165, 1.54) is 36.0 Å². The number of aromatic nitrogens is 1. The average molecular weight is 483 g/mol. The van der Waals surface area contributed by atoms with Gasteiger partial charge in [-0.3, -0.25) is 14.4 Å². The highest BCUT2D eigenvalue weighted by Crippen LogP contribution is 2.57. The maximum absolute atomic E-state index is 13.9. The first kappa shape index (κ1) is 21.5. The van der Waals surface area contributed by atoms with E-state index in [9.17, 15) is 19.2 Å². The zero-order chi connectivity index (χ0) is 23.3. The van der Waals surface area contributed by atoms with E-state index in [2.05, 4.69) is 4.98 Å². The van der Waals surface area contributed by atoms with Crippen LogP contribution >= 0.6 is 23.1 Å². The van der Waals surface area contributed by atoms with E-state index in [4.69, 9.17) is 9.84 Å². The van der Waals surface area contributed by atoms with Crippen LogP contribution in [-0.4, -0.2) is 40.7 Å². The third-order valence-electron chi connectivity index (χ3n) is 6.10. The lowest BCUT2D eigenvalue weighted by Gasteiger charge is -2.38. The Morgan fingerprint density at radius 3 is 2.45 bits per heavy atom. The van der Waals surface area contributed by atoms with E-state index in [0.717, 1.165) is 31.7 Å². The number of hydrogen-bond acceptors (Lipinski definition) is 7. The molecule has 8 nitrogen and oxygen atoms in total. The van der Waals surface area contributed by atoms with Gasteiger partial charge in [-0.1, -0.05) is 23.5 Å². The van der Waals surface area contributed by atoms with Crippen LogP contribution < -0.4 is 14.5 Å². The number of ether oxygens (including phenoxy) is 1. The first-order chi connectivity index (χ1) is 15.8. The number of carboxylic acid groups (broad SMARTS) is 1. The Balaban J connectivity index is 1.61. The van der Waals surface area contributed by atoms with Crippen LogP contribution in [0.2, 0.25) is 0 Å². The smallest absolute Gasteiger partial charge is 0.335 e. The van der Waals surface area contributed by atoms with Crippen LogP contribution in [0.5, 0.6) is 5.75 Å². The van der Waals surface area contributed by atoms with Crippen LogP contribution in [0.1, 0.15) is 33.1 Å². The lowest BCUT2D eigenvalue weighted by atomic mass is 9.71. The number of thioether (sulfide) groups is 1. The predicted molar refractivity (Wildman–Crippen MR) is 123 cm³/mol. The number of fused-ring (bicyclic) bond motifs is 1. The van der Waals surface area contributed by atoms with E-state index < -0.39 is 17.3 Å². The van der Waals surface area contributed by atoms with Crippen molar-refractivity contribution in [1.29, 1.82) is 0 Å². The van der Waals surface area contributed by atoms with E-state index in [0.29, 0.717) is 17.2 Å². The maximum atomic E-state index is 13.9. The molecule has 0 saturated carbocycles. The molecule has 2 aromatic carbocycles. The number of thiazole rings is 1. The molecule has 3 aromatic rings. The van der Waals surface area contributed by atoms with Crippen LogP contribution in [0.15, 0.2) is 58.4 Å². The minimum Gasteiger partial charge on any atom is -0.497 e. The Bertz CT molecular complexity index is 1330. The molecule has 0 aliphatic carbocycles. The van der Waals surface area contributed by atoms with Crippen molar-refractivity contribution in [3.63, 3.8) is 0 Å². The molecule has 1 aromatic heterocycles. The number of carbonyl (C=O) groups is 3. The van der Waals surface area contributed by atoms with E-state index in [-0.39, 0.29) is 28.7 Å². The first-order valence-electron chi connectivity index (χ1n) is 10.0. The highest BCUT2D eigenvalue weighted by atomic mass is 32.2. The summed E-state index contributed by atoms with van der Waals surface area (Å²) >= 11 is 2.43. The van der Waals surface area contributed by atoms with Gasteiger partial charge in [-0.2, -0.15) is 0 Å². The van der Waals surface area contributed by atoms with Crippen molar-refractivity contribution >= 4 is 46.6 Å². The number of nitrogens with one attached hydrogen (secondary N) is 1. The molecule has 10 heteroatoms. The van der Waals surface area contributed by atoms with Crippen molar-refractivity contribution in [3.05, 3.63) is 74.2 Å². The molecule has 1 spiro atoms. The number of amides is 2. The van der Waals surface area contributed by atoms with Crippen molar-refractivity contribution in [2.75, 3.05) is 17.8 Å². The number of methoxy groups -OCH3 is 1. The molecule has 0 bridgehead atoms. The third kappa shape index (κ3) is 3.37. The molecule has 3 heterocycles. The first-order valence-corrected chi connectivity index (χ1v) is 11.8. The Labute approximate surface area is 196 Å². The fourth-order valence-electron chi connectivity index (χ4n) is 4.54. The summed E-state index contributed by atoms with van der Waals surface area (Å²) in [5, 5.41) is 9.87. The van der Waals surface area contributed by atoms with Gasteiger partial charge in [-0.15, -0.1) is 11.8 Å². The largest absolute Gasteiger partial charge is 0.497 e. The molecule has 0 radical (unpaired) electrons.